The Bertz CT molecular complexity index is 593. The van der Waals surface area contributed by atoms with Gasteiger partial charge in [0.1, 0.15) is 0 Å². The van der Waals surface area contributed by atoms with Crippen LogP contribution in [0, 0.1) is 17.5 Å². The second-order valence-electron chi connectivity index (χ2n) is 4.18. The highest BCUT2D eigenvalue weighted by Crippen LogP contribution is 2.20. The van der Waals surface area contributed by atoms with Crippen LogP contribution in [-0.2, 0) is 20.0 Å². The summed E-state index contributed by atoms with van der Waals surface area (Å²) in [7, 11) is 1.78. The molecule has 0 saturated heterocycles. The molecule has 6 heteroatoms. The molecule has 1 heterocycles. The van der Waals surface area contributed by atoms with Gasteiger partial charge in [0.2, 0.25) is 0 Å². The average Bonchev–Trinajstić information content (AvgIpc) is 2.76. The number of halogens is 3. The molecular formula is C13H14F3N3. The van der Waals surface area contributed by atoms with Crippen LogP contribution < -0.4 is 5.32 Å². The number of benzene rings is 1. The maximum absolute atomic E-state index is 13.4. The van der Waals surface area contributed by atoms with Crippen molar-refractivity contribution < 1.29 is 13.2 Å². The van der Waals surface area contributed by atoms with Crippen LogP contribution in [0.4, 0.5) is 18.9 Å². The maximum Gasteiger partial charge on any atom is 0.196 e. The van der Waals surface area contributed by atoms with Gasteiger partial charge in [-0.05, 0) is 24.6 Å². The lowest BCUT2D eigenvalue weighted by molar-refractivity contribution is 0.449. The molecule has 1 aromatic heterocycles. The van der Waals surface area contributed by atoms with Crippen LogP contribution in [0.25, 0.3) is 0 Å². The van der Waals surface area contributed by atoms with Crippen molar-refractivity contribution in [2.24, 2.45) is 7.05 Å². The summed E-state index contributed by atoms with van der Waals surface area (Å²) in [5.74, 6) is -3.88. The number of rotatable bonds is 4. The highest BCUT2D eigenvalue weighted by molar-refractivity contribution is 5.45. The molecule has 0 aliphatic rings. The molecule has 0 saturated carbocycles. The van der Waals surface area contributed by atoms with E-state index >= 15 is 0 Å². The fourth-order valence-corrected chi connectivity index (χ4v) is 1.76. The Morgan fingerprint density at radius 3 is 2.58 bits per heavy atom. The first-order valence-electron chi connectivity index (χ1n) is 5.92. The first-order valence-corrected chi connectivity index (χ1v) is 5.92. The van der Waals surface area contributed by atoms with E-state index in [0.29, 0.717) is 0 Å². The van der Waals surface area contributed by atoms with Gasteiger partial charge in [0, 0.05) is 7.05 Å². The van der Waals surface area contributed by atoms with Gasteiger partial charge in [-0.15, -0.1) is 0 Å². The van der Waals surface area contributed by atoms with Crippen LogP contribution in [-0.4, -0.2) is 9.78 Å². The molecule has 0 amide bonds. The topological polar surface area (TPSA) is 29.9 Å². The molecule has 0 radical (unpaired) electrons. The Hall–Kier alpha value is -1.98. The lowest BCUT2D eigenvalue weighted by atomic mass is 10.2. The largest absolute Gasteiger partial charge is 0.377 e. The normalized spacial score (nSPS) is 10.8. The first kappa shape index (κ1) is 13.5. The summed E-state index contributed by atoms with van der Waals surface area (Å²) < 4.78 is 40.9. The molecule has 0 fully saturated rings. The van der Waals surface area contributed by atoms with E-state index in [-0.39, 0.29) is 12.2 Å². The summed E-state index contributed by atoms with van der Waals surface area (Å²) in [6.45, 7) is 2.26. The van der Waals surface area contributed by atoms with Crippen molar-refractivity contribution in [1.82, 2.24) is 9.78 Å². The van der Waals surface area contributed by atoms with Gasteiger partial charge < -0.3 is 5.32 Å². The molecule has 0 unspecified atom stereocenters. The van der Waals surface area contributed by atoms with Crippen LogP contribution in [0.3, 0.4) is 0 Å². The Labute approximate surface area is 109 Å². The van der Waals surface area contributed by atoms with Crippen LogP contribution in [0.15, 0.2) is 18.2 Å². The zero-order valence-electron chi connectivity index (χ0n) is 10.7. The van der Waals surface area contributed by atoms with Gasteiger partial charge in [-0.25, -0.2) is 13.2 Å². The van der Waals surface area contributed by atoms with Crippen molar-refractivity contribution in [2.45, 2.75) is 19.9 Å². The van der Waals surface area contributed by atoms with Crippen molar-refractivity contribution in [3.63, 3.8) is 0 Å². The molecule has 3 nitrogen and oxygen atoms in total. The molecule has 19 heavy (non-hydrogen) atoms. The van der Waals surface area contributed by atoms with E-state index in [1.54, 1.807) is 11.7 Å². The Morgan fingerprint density at radius 2 is 1.95 bits per heavy atom. The molecule has 102 valence electrons. The summed E-state index contributed by atoms with van der Waals surface area (Å²) in [5.41, 5.74) is 1.68. The number of anilines is 1. The SMILES string of the molecule is CCc1cc(CNc2ccc(F)c(F)c2F)n(C)n1. The maximum atomic E-state index is 13.4. The van der Waals surface area contributed by atoms with Gasteiger partial charge in [0.15, 0.2) is 17.5 Å². The number of nitrogens with one attached hydrogen (secondary N) is 1. The van der Waals surface area contributed by atoms with E-state index in [1.165, 1.54) is 6.07 Å². The third-order valence-corrected chi connectivity index (χ3v) is 2.88. The van der Waals surface area contributed by atoms with Gasteiger partial charge in [0.05, 0.1) is 23.6 Å². The van der Waals surface area contributed by atoms with Crippen molar-refractivity contribution in [3.8, 4) is 0 Å². The van der Waals surface area contributed by atoms with E-state index in [0.717, 1.165) is 23.9 Å². The molecule has 0 spiro atoms. The molecule has 0 bridgehead atoms. The zero-order valence-corrected chi connectivity index (χ0v) is 10.7. The highest BCUT2D eigenvalue weighted by atomic mass is 19.2. The van der Waals surface area contributed by atoms with E-state index in [2.05, 4.69) is 10.4 Å². The monoisotopic (exact) mass is 269 g/mol. The number of hydrogen-bond acceptors (Lipinski definition) is 2. The molecular weight excluding hydrogens is 255 g/mol. The summed E-state index contributed by atoms with van der Waals surface area (Å²) in [5, 5.41) is 6.98. The Balaban J connectivity index is 2.14. The fraction of sp³-hybridized carbons (Fsp3) is 0.308. The Morgan fingerprint density at radius 1 is 1.21 bits per heavy atom. The van der Waals surface area contributed by atoms with Crippen LogP contribution in [0.1, 0.15) is 18.3 Å². The van der Waals surface area contributed by atoms with Gasteiger partial charge in [-0.1, -0.05) is 6.92 Å². The second-order valence-corrected chi connectivity index (χ2v) is 4.18. The van der Waals surface area contributed by atoms with Crippen molar-refractivity contribution >= 4 is 5.69 Å². The summed E-state index contributed by atoms with van der Waals surface area (Å²) >= 11 is 0. The first-order chi connectivity index (χ1) is 9.02. The minimum atomic E-state index is -1.47. The molecule has 0 aliphatic heterocycles. The van der Waals surface area contributed by atoms with Crippen LogP contribution >= 0.6 is 0 Å². The van der Waals surface area contributed by atoms with Crippen LogP contribution in [0.2, 0.25) is 0 Å². The average molecular weight is 269 g/mol. The van der Waals surface area contributed by atoms with E-state index in [1.807, 2.05) is 13.0 Å². The smallest absolute Gasteiger partial charge is 0.196 e. The fourth-order valence-electron chi connectivity index (χ4n) is 1.76. The summed E-state index contributed by atoms with van der Waals surface area (Å²) in [6.07, 6.45) is 0.799. The van der Waals surface area contributed by atoms with Crippen LogP contribution in [0.5, 0.6) is 0 Å². The van der Waals surface area contributed by atoms with E-state index < -0.39 is 17.5 Å². The minimum absolute atomic E-state index is 0.0712. The predicted molar refractivity (Wildman–Crippen MR) is 66.2 cm³/mol. The minimum Gasteiger partial charge on any atom is -0.377 e. The van der Waals surface area contributed by atoms with E-state index in [9.17, 15) is 13.2 Å². The zero-order chi connectivity index (χ0) is 14.0. The number of hydrogen-bond donors (Lipinski definition) is 1. The van der Waals surface area contributed by atoms with Crippen molar-refractivity contribution in [2.75, 3.05) is 5.32 Å². The lowest BCUT2D eigenvalue weighted by Crippen LogP contribution is -2.07. The van der Waals surface area contributed by atoms with E-state index in [4.69, 9.17) is 0 Å². The number of aromatic nitrogens is 2. The molecule has 0 aliphatic carbocycles. The van der Waals surface area contributed by atoms with Gasteiger partial charge >= 0.3 is 0 Å². The molecule has 2 aromatic rings. The Kier molecular flexibility index (Phi) is 3.78. The predicted octanol–water partition coefficient (Wildman–Crippen LogP) is 3.01. The van der Waals surface area contributed by atoms with Gasteiger partial charge in [0.25, 0.3) is 0 Å². The standard InChI is InChI=1S/C13H14F3N3/c1-3-8-6-9(19(2)18-8)7-17-11-5-4-10(14)12(15)13(11)16/h4-6,17H,3,7H2,1-2H3. The third kappa shape index (κ3) is 2.72. The summed E-state index contributed by atoms with van der Waals surface area (Å²) in [6, 6.07) is 3.94. The quantitative estimate of drug-likeness (QED) is 0.865. The van der Waals surface area contributed by atoms with Gasteiger partial charge in [-0.3, -0.25) is 4.68 Å². The summed E-state index contributed by atoms with van der Waals surface area (Å²) in [4.78, 5) is 0. The highest BCUT2D eigenvalue weighted by Gasteiger charge is 2.13. The number of nitrogens with zero attached hydrogens (tertiary/aromatic N) is 2. The van der Waals surface area contributed by atoms with Gasteiger partial charge in [-0.2, -0.15) is 5.10 Å². The molecule has 1 N–H and O–H groups in total. The number of aryl methyl sites for hydroxylation is 2. The molecule has 1 aromatic carbocycles. The second kappa shape index (κ2) is 5.34. The van der Waals surface area contributed by atoms with Crippen molar-refractivity contribution in [3.05, 3.63) is 47.0 Å². The molecule has 0 atom stereocenters. The third-order valence-electron chi connectivity index (χ3n) is 2.88. The molecule has 2 rings (SSSR count). The lowest BCUT2D eigenvalue weighted by Gasteiger charge is -2.08. The van der Waals surface area contributed by atoms with Crippen molar-refractivity contribution in [1.29, 1.82) is 0 Å².